The highest BCUT2D eigenvalue weighted by Gasteiger charge is 2.01. The average Bonchev–Trinajstić information content (AvgIpc) is 2.49. The maximum absolute atomic E-state index is 13.8. The molecular weight excluding hydrogens is 289 g/mol. The third kappa shape index (κ3) is 4.28. The molecule has 114 valence electrons. The molecule has 2 rings (SSSR count). The summed E-state index contributed by atoms with van der Waals surface area (Å²) in [5.41, 5.74) is 1.62. The van der Waals surface area contributed by atoms with Gasteiger partial charge in [0.1, 0.15) is 5.82 Å². The fourth-order valence-electron chi connectivity index (χ4n) is 1.91. The van der Waals surface area contributed by atoms with Crippen molar-refractivity contribution in [1.82, 2.24) is 0 Å². The zero-order valence-electron chi connectivity index (χ0n) is 12.1. The van der Waals surface area contributed by atoms with E-state index < -0.39 is 11.6 Å². The number of benzene rings is 2. The predicted octanol–water partition coefficient (Wildman–Crippen LogP) is 4.51. The molecule has 2 aromatic rings. The molecule has 0 unspecified atom stereocenters. The Balaban J connectivity index is 2.05. The van der Waals surface area contributed by atoms with Gasteiger partial charge < -0.3 is 0 Å². The summed E-state index contributed by atoms with van der Waals surface area (Å²) < 4.78 is 39.5. The van der Waals surface area contributed by atoms with E-state index in [-0.39, 0.29) is 5.82 Å². The highest BCUT2D eigenvalue weighted by molar-refractivity contribution is 5.82. The fourth-order valence-corrected chi connectivity index (χ4v) is 1.91. The number of hydrogen-bond acceptors (Lipinski definition) is 2. The number of rotatable bonds is 5. The first-order valence-electron chi connectivity index (χ1n) is 6.90. The molecule has 0 N–H and O–H groups in total. The lowest BCUT2D eigenvalue weighted by Crippen LogP contribution is -1.92. The first-order chi connectivity index (χ1) is 10.6. The molecule has 0 atom stereocenters. The summed E-state index contributed by atoms with van der Waals surface area (Å²) in [6.45, 7) is 2.03. The van der Waals surface area contributed by atoms with Crippen molar-refractivity contribution in [3.8, 4) is 0 Å². The Bertz CT molecular complexity index is 709. The van der Waals surface area contributed by atoms with E-state index in [9.17, 15) is 13.2 Å². The quantitative estimate of drug-likeness (QED) is 0.573. The van der Waals surface area contributed by atoms with Gasteiger partial charge in [0.05, 0.1) is 12.4 Å². The van der Waals surface area contributed by atoms with Gasteiger partial charge in [-0.25, -0.2) is 13.2 Å². The van der Waals surface area contributed by atoms with Gasteiger partial charge in [-0.15, -0.1) is 0 Å². The van der Waals surface area contributed by atoms with Gasteiger partial charge in [0.2, 0.25) is 0 Å². The van der Waals surface area contributed by atoms with E-state index in [4.69, 9.17) is 0 Å². The lowest BCUT2D eigenvalue weighted by molar-refractivity contribution is 0.508. The minimum absolute atomic E-state index is 0.322. The number of nitrogens with zero attached hydrogens (tertiary/aromatic N) is 2. The van der Waals surface area contributed by atoms with E-state index in [1.807, 2.05) is 13.0 Å². The van der Waals surface area contributed by atoms with Crippen LogP contribution in [-0.4, -0.2) is 12.4 Å². The van der Waals surface area contributed by atoms with Crippen LogP contribution in [0.5, 0.6) is 0 Å². The molecule has 0 saturated carbocycles. The second-order valence-corrected chi connectivity index (χ2v) is 4.77. The van der Waals surface area contributed by atoms with Crippen LogP contribution in [0, 0.1) is 17.5 Å². The lowest BCUT2D eigenvalue weighted by atomic mass is 10.1. The van der Waals surface area contributed by atoms with Gasteiger partial charge in [-0.3, -0.25) is 0 Å². The Morgan fingerprint density at radius 3 is 2.32 bits per heavy atom. The van der Waals surface area contributed by atoms with E-state index in [0.29, 0.717) is 11.1 Å². The Labute approximate surface area is 127 Å². The normalized spacial score (nSPS) is 11.6. The molecule has 0 radical (unpaired) electrons. The summed E-state index contributed by atoms with van der Waals surface area (Å²) in [4.78, 5) is 0. The number of halogens is 3. The molecule has 5 heteroatoms. The summed E-state index contributed by atoms with van der Waals surface area (Å²) in [5.74, 6) is -2.24. The standard InChI is InChI=1S/C17H15F3N2/c1-2-3-12-4-6-14(16(19)8-12)11-22-21-10-13-5-7-15(18)17(20)9-13/h4-11H,2-3H2,1H3. The predicted molar refractivity (Wildman–Crippen MR) is 81.9 cm³/mol. The first-order valence-corrected chi connectivity index (χ1v) is 6.90. The van der Waals surface area contributed by atoms with Crippen molar-refractivity contribution in [2.75, 3.05) is 0 Å². The van der Waals surface area contributed by atoms with Crippen LogP contribution in [-0.2, 0) is 6.42 Å². The number of hydrogen-bond donors (Lipinski definition) is 0. The van der Waals surface area contributed by atoms with Crippen molar-refractivity contribution in [2.45, 2.75) is 19.8 Å². The van der Waals surface area contributed by atoms with Gasteiger partial charge in [-0.1, -0.05) is 31.5 Å². The van der Waals surface area contributed by atoms with Crippen molar-refractivity contribution < 1.29 is 13.2 Å². The van der Waals surface area contributed by atoms with Crippen LogP contribution < -0.4 is 0 Å². The topological polar surface area (TPSA) is 24.7 Å². The third-order valence-corrected chi connectivity index (χ3v) is 3.02. The van der Waals surface area contributed by atoms with Gasteiger partial charge in [-0.05, 0) is 35.7 Å². The number of aryl methyl sites for hydroxylation is 1. The molecule has 0 fully saturated rings. The van der Waals surface area contributed by atoms with Gasteiger partial charge in [0, 0.05) is 5.56 Å². The summed E-state index contributed by atoms with van der Waals surface area (Å²) in [5, 5.41) is 7.41. The monoisotopic (exact) mass is 304 g/mol. The Morgan fingerprint density at radius 2 is 1.64 bits per heavy atom. The summed E-state index contributed by atoms with van der Waals surface area (Å²) in [6.07, 6.45) is 4.32. The summed E-state index contributed by atoms with van der Waals surface area (Å²) in [7, 11) is 0. The van der Waals surface area contributed by atoms with Crippen LogP contribution in [0.15, 0.2) is 46.6 Å². The third-order valence-electron chi connectivity index (χ3n) is 3.02. The lowest BCUT2D eigenvalue weighted by Gasteiger charge is -2.00. The Kier molecular flexibility index (Phi) is 5.47. The van der Waals surface area contributed by atoms with Crippen molar-refractivity contribution in [1.29, 1.82) is 0 Å². The van der Waals surface area contributed by atoms with E-state index >= 15 is 0 Å². The zero-order valence-corrected chi connectivity index (χ0v) is 12.1. The van der Waals surface area contributed by atoms with Crippen LogP contribution in [0.2, 0.25) is 0 Å². The summed E-state index contributed by atoms with van der Waals surface area (Å²) >= 11 is 0. The second kappa shape index (κ2) is 7.54. The highest BCUT2D eigenvalue weighted by Crippen LogP contribution is 2.11. The van der Waals surface area contributed by atoms with Gasteiger partial charge >= 0.3 is 0 Å². The van der Waals surface area contributed by atoms with Crippen molar-refractivity contribution in [3.63, 3.8) is 0 Å². The molecule has 0 spiro atoms. The van der Waals surface area contributed by atoms with Crippen molar-refractivity contribution in [3.05, 3.63) is 70.5 Å². The maximum Gasteiger partial charge on any atom is 0.159 e. The fraction of sp³-hybridized carbons (Fsp3) is 0.176. The van der Waals surface area contributed by atoms with Crippen LogP contribution in [0.4, 0.5) is 13.2 Å². The van der Waals surface area contributed by atoms with E-state index in [2.05, 4.69) is 10.2 Å². The van der Waals surface area contributed by atoms with E-state index in [1.165, 1.54) is 24.6 Å². The molecular formula is C17H15F3N2. The minimum atomic E-state index is -0.953. The SMILES string of the molecule is CCCc1ccc(C=NN=Cc2ccc(F)c(F)c2)c(F)c1. The maximum atomic E-state index is 13.8. The smallest absolute Gasteiger partial charge is 0.159 e. The van der Waals surface area contributed by atoms with E-state index in [0.717, 1.165) is 30.5 Å². The molecule has 0 bridgehead atoms. The highest BCUT2D eigenvalue weighted by atomic mass is 19.2. The molecule has 0 aliphatic heterocycles. The van der Waals surface area contributed by atoms with Crippen molar-refractivity contribution >= 4 is 12.4 Å². The molecule has 0 saturated heterocycles. The molecule has 22 heavy (non-hydrogen) atoms. The minimum Gasteiger partial charge on any atom is -0.206 e. The van der Waals surface area contributed by atoms with Crippen LogP contribution in [0.3, 0.4) is 0 Å². The molecule has 2 nitrogen and oxygen atoms in total. The molecule has 0 aliphatic carbocycles. The molecule has 0 aliphatic rings. The van der Waals surface area contributed by atoms with Gasteiger partial charge in [0.25, 0.3) is 0 Å². The molecule has 0 amide bonds. The zero-order chi connectivity index (χ0) is 15.9. The average molecular weight is 304 g/mol. The van der Waals surface area contributed by atoms with Gasteiger partial charge in [-0.2, -0.15) is 10.2 Å². The van der Waals surface area contributed by atoms with Crippen LogP contribution >= 0.6 is 0 Å². The Morgan fingerprint density at radius 1 is 0.864 bits per heavy atom. The first kappa shape index (κ1) is 15.9. The Hall–Kier alpha value is -2.43. The van der Waals surface area contributed by atoms with Gasteiger partial charge in [0.15, 0.2) is 11.6 Å². The molecule has 2 aromatic carbocycles. The van der Waals surface area contributed by atoms with Crippen LogP contribution in [0.25, 0.3) is 0 Å². The largest absolute Gasteiger partial charge is 0.206 e. The molecule has 0 heterocycles. The molecule has 0 aromatic heterocycles. The van der Waals surface area contributed by atoms with E-state index in [1.54, 1.807) is 6.07 Å². The summed E-state index contributed by atoms with van der Waals surface area (Å²) in [6, 6.07) is 8.34. The van der Waals surface area contributed by atoms with Crippen LogP contribution in [0.1, 0.15) is 30.0 Å². The second-order valence-electron chi connectivity index (χ2n) is 4.77. The van der Waals surface area contributed by atoms with Crippen molar-refractivity contribution in [2.24, 2.45) is 10.2 Å².